The fourth-order valence-electron chi connectivity index (χ4n) is 3.63. The maximum absolute atomic E-state index is 13.9. The van der Waals surface area contributed by atoms with E-state index in [1.54, 1.807) is 29.2 Å². The average molecular weight is 418 g/mol. The summed E-state index contributed by atoms with van der Waals surface area (Å²) in [6.07, 6.45) is -0.630. The standard InChI is InChI=1S/C20H19FN2O5S/c21-16-7-3-4-8-18(16)29(26,27)23-11-9-22(10-12-23)19(24)13-17-14-5-1-2-6-15(14)20(25)28-17/h1-8,17H,9-13H2/t17-/m1/s1. The molecular formula is C20H19FN2O5S. The van der Waals surface area contributed by atoms with Crippen molar-refractivity contribution in [2.24, 2.45) is 0 Å². The largest absolute Gasteiger partial charge is 0.453 e. The molecule has 0 N–H and O–H groups in total. The van der Waals surface area contributed by atoms with Crippen LogP contribution < -0.4 is 0 Å². The number of sulfonamides is 1. The summed E-state index contributed by atoms with van der Waals surface area (Å²) >= 11 is 0. The Hall–Kier alpha value is -2.78. The number of ether oxygens (including phenoxy) is 1. The highest BCUT2D eigenvalue weighted by molar-refractivity contribution is 7.89. The predicted molar refractivity (Wildman–Crippen MR) is 101 cm³/mol. The first-order valence-corrected chi connectivity index (χ1v) is 10.6. The third-order valence-electron chi connectivity index (χ3n) is 5.18. The lowest BCUT2D eigenvalue weighted by Gasteiger charge is -2.34. The number of benzene rings is 2. The Balaban J connectivity index is 1.40. The third kappa shape index (κ3) is 3.63. The number of cyclic esters (lactones) is 1. The van der Waals surface area contributed by atoms with E-state index < -0.39 is 27.9 Å². The minimum atomic E-state index is -3.96. The maximum atomic E-state index is 13.9. The van der Waals surface area contributed by atoms with Gasteiger partial charge in [-0.1, -0.05) is 30.3 Å². The molecule has 4 rings (SSSR count). The number of carbonyl (C=O) groups is 2. The number of rotatable bonds is 4. The van der Waals surface area contributed by atoms with E-state index in [2.05, 4.69) is 0 Å². The van der Waals surface area contributed by atoms with Crippen molar-refractivity contribution in [3.8, 4) is 0 Å². The summed E-state index contributed by atoms with van der Waals surface area (Å²) in [4.78, 5) is 25.7. The second kappa shape index (κ2) is 7.57. The third-order valence-corrected chi connectivity index (χ3v) is 7.11. The topological polar surface area (TPSA) is 84.0 Å². The SMILES string of the molecule is O=C1O[C@H](CC(=O)N2CCN(S(=O)(=O)c3ccccc3F)CC2)c2ccccc21. The van der Waals surface area contributed by atoms with Gasteiger partial charge in [0.1, 0.15) is 16.8 Å². The Morgan fingerprint density at radius 2 is 1.69 bits per heavy atom. The minimum Gasteiger partial charge on any atom is -0.453 e. The number of fused-ring (bicyclic) bond motifs is 1. The summed E-state index contributed by atoms with van der Waals surface area (Å²) in [6.45, 7) is 0.524. The van der Waals surface area contributed by atoms with Crippen molar-refractivity contribution in [2.75, 3.05) is 26.2 Å². The first-order valence-electron chi connectivity index (χ1n) is 9.20. The Kier molecular flexibility index (Phi) is 5.10. The van der Waals surface area contributed by atoms with Gasteiger partial charge in [0, 0.05) is 31.7 Å². The van der Waals surface area contributed by atoms with Crippen LogP contribution in [0, 0.1) is 5.82 Å². The number of esters is 1. The maximum Gasteiger partial charge on any atom is 0.339 e. The molecule has 152 valence electrons. The fourth-order valence-corrected chi connectivity index (χ4v) is 5.12. The molecule has 7 nitrogen and oxygen atoms in total. The van der Waals surface area contributed by atoms with E-state index in [0.29, 0.717) is 11.1 Å². The lowest BCUT2D eigenvalue weighted by molar-refractivity contribution is -0.134. The Bertz CT molecular complexity index is 1060. The van der Waals surface area contributed by atoms with Crippen molar-refractivity contribution in [1.82, 2.24) is 9.21 Å². The number of hydrogen-bond acceptors (Lipinski definition) is 5. The number of halogens is 1. The molecule has 1 saturated heterocycles. The molecule has 0 radical (unpaired) electrons. The van der Waals surface area contributed by atoms with Gasteiger partial charge in [0.15, 0.2) is 0 Å². The molecule has 0 unspecified atom stereocenters. The van der Waals surface area contributed by atoms with Crippen LogP contribution in [0.3, 0.4) is 0 Å². The van der Waals surface area contributed by atoms with E-state index in [1.165, 1.54) is 22.5 Å². The highest BCUT2D eigenvalue weighted by Crippen LogP contribution is 2.33. The zero-order chi connectivity index (χ0) is 20.6. The number of amides is 1. The Morgan fingerprint density at radius 3 is 2.41 bits per heavy atom. The summed E-state index contributed by atoms with van der Waals surface area (Å²) in [5, 5.41) is 0. The summed E-state index contributed by atoms with van der Waals surface area (Å²) in [7, 11) is -3.96. The molecule has 1 atom stereocenters. The van der Waals surface area contributed by atoms with Crippen LogP contribution in [0.15, 0.2) is 53.4 Å². The normalized spacial score (nSPS) is 19.7. The number of nitrogens with zero attached hydrogens (tertiary/aromatic N) is 2. The van der Waals surface area contributed by atoms with Gasteiger partial charge in [0.2, 0.25) is 15.9 Å². The van der Waals surface area contributed by atoms with E-state index in [0.717, 1.165) is 6.07 Å². The van der Waals surface area contributed by atoms with Crippen LogP contribution in [0.2, 0.25) is 0 Å². The summed E-state index contributed by atoms with van der Waals surface area (Å²) < 4.78 is 45.7. The van der Waals surface area contributed by atoms with Crippen LogP contribution in [0.1, 0.15) is 28.4 Å². The van der Waals surface area contributed by atoms with Crippen molar-refractivity contribution in [3.63, 3.8) is 0 Å². The van der Waals surface area contributed by atoms with Crippen molar-refractivity contribution < 1.29 is 27.1 Å². The summed E-state index contributed by atoms with van der Waals surface area (Å²) in [6, 6.07) is 12.2. The van der Waals surface area contributed by atoms with Crippen LogP contribution in [0.25, 0.3) is 0 Å². The Morgan fingerprint density at radius 1 is 1.03 bits per heavy atom. The van der Waals surface area contributed by atoms with Gasteiger partial charge in [-0.15, -0.1) is 0 Å². The zero-order valence-electron chi connectivity index (χ0n) is 15.5. The number of carbonyl (C=O) groups excluding carboxylic acids is 2. The van der Waals surface area contributed by atoms with Gasteiger partial charge in [-0.25, -0.2) is 17.6 Å². The first-order chi connectivity index (χ1) is 13.9. The van der Waals surface area contributed by atoms with Gasteiger partial charge in [-0.2, -0.15) is 4.31 Å². The van der Waals surface area contributed by atoms with Crippen molar-refractivity contribution >= 4 is 21.9 Å². The lowest BCUT2D eigenvalue weighted by Crippen LogP contribution is -2.50. The van der Waals surface area contributed by atoms with E-state index in [9.17, 15) is 22.4 Å². The highest BCUT2D eigenvalue weighted by Gasteiger charge is 2.35. The molecule has 0 saturated carbocycles. The molecule has 2 aliphatic heterocycles. The van der Waals surface area contributed by atoms with Crippen LogP contribution in [-0.4, -0.2) is 55.7 Å². The van der Waals surface area contributed by atoms with Gasteiger partial charge in [0.05, 0.1) is 12.0 Å². The van der Waals surface area contributed by atoms with Gasteiger partial charge >= 0.3 is 5.97 Å². The molecule has 2 heterocycles. The molecule has 1 fully saturated rings. The smallest absolute Gasteiger partial charge is 0.339 e. The molecule has 2 aromatic carbocycles. The molecule has 2 aliphatic rings. The van der Waals surface area contributed by atoms with Crippen molar-refractivity contribution in [1.29, 1.82) is 0 Å². The molecule has 1 amide bonds. The number of hydrogen-bond donors (Lipinski definition) is 0. The second-order valence-electron chi connectivity index (χ2n) is 6.90. The number of piperazine rings is 1. The first kappa shape index (κ1) is 19.5. The lowest BCUT2D eigenvalue weighted by atomic mass is 10.0. The molecular weight excluding hydrogens is 399 g/mol. The molecule has 0 spiro atoms. The molecule has 2 aromatic rings. The van der Waals surface area contributed by atoms with Crippen molar-refractivity contribution in [3.05, 3.63) is 65.5 Å². The minimum absolute atomic E-state index is 0.00279. The average Bonchev–Trinajstić information content (AvgIpc) is 3.04. The van der Waals surface area contributed by atoms with E-state index in [-0.39, 0.29) is 43.4 Å². The fraction of sp³-hybridized carbons (Fsp3) is 0.300. The van der Waals surface area contributed by atoms with E-state index in [4.69, 9.17) is 4.74 Å². The van der Waals surface area contributed by atoms with Crippen LogP contribution in [-0.2, 0) is 19.6 Å². The zero-order valence-corrected chi connectivity index (χ0v) is 16.3. The summed E-state index contributed by atoms with van der Waals surface area (Å²) in [5.41, 5.74) is 1.15. The van der Waals surface area contributed by atoms with Gasteiger partial charge in [0.25, 0.3) is 0 Å². The Labute approximate surface area is 167 Å². The van der Waals surface area contributed by atoms with Gasteiger partial charge in [-0.3, -0.25) is 4.79 Å². The van der Waals surface area contributed by atoms with Gasteiger partial charge < -0.3 is 9.64 Å². The molecule has 0 aromatic heterocycles. The van der Waals surface area contributed by atoms with Crippen LogP contribution >= 0.6 is 0 Å². The molecule has 9 heteroatoms. The highest BCUT2D eigenvalue weighted by atomic mass is 32.2. The van der Waals surface area contributed by atoms with Crippen LogP contribution in [0.4, 0.5) is 4.39 Å². The van der Waals surface area contributed by atoms with E-state index >= 15 is 0 Å². The molecule has 0 aliphatic carbocycles. The monoisotopic (exact) mass is 418 g/mol. The van der Waals surface area contributed by atoms with Crippen LogP contribution in [0.5, 0.6) is 0 Å². The molecule has 0 bridgehead atoms. The molecule has 29 heavy (non-hydrogen) atoms. The quantitative estimate of drug-likeness (QED) is 0.709. The summed E-state index contributed by atoms with van der Waals surface area (Å²) in [5.74, 6) is -1.46. The second-order valence-corrected chi connectivity index (χ2v) is 8.81. The van der Waals surface area contributed by atoms with E-state index in [1.807, 2.05) is 0 Å². The predicted octanol–water partition coefficient (Wildman–Crippen LogP) is 1.96. The van der Waals surface area contributed by atoms with Crippen molar-refractivity contribution in [2.45, 2.75) is 17.4 Å². The van der Waals surface area contributed by atoms with Gasteiger partial charge in [-0.05, 0) is 18.2 Å².